The van der Waals surface area contributed by atoms with Crippen molar-refractivity contribution in [1.29, 1.82) is 0 Å². The van der Waals surface area contributed by atoms with Crippen molar-refractivity contribution in [3.8, 4) is 5.75 Å². The summed E-state index contributed by atoms with van der Waals surface area (Å²) in [7, 11) is 0. The Bertz CT molecular complexity index is 1020. The zero-order valence-electron chi connectivity index (χ0n) is 18.6. The summed E-state index contributed by atoms with van der Waals surface area (Å²) in [6.07, 6.45) is 3.79. The van der Waals surface area contributed by atoms with Gasteiger partial charge in [-0.3, -0.25) is 0 Å². The molecule has 0 aliphatic heterocycles. The predicted octanol–water partition coefficient (Wildman–Crippen LogP) is 7.72. The highest BCUT2D eigenvalue weighted by Crippen LogP contribution is 2.46. The molecule has 1 heterocycles. The van der Waals surface area contributed by atoms with E-state index in [4.69, 9.17) is 9.72 Å². The Morgan fingerprint density at radius 2 is 1.87 bits per heavy atom. The summed E-state index contributed by atoms with van der Waals surface area (Å²) < 4.78 is 9.26. The molecule has 0 saturated heterocycles. The van der Waals surface area contributed by atoms with Gasteiger partial charge < -0.3 is 14.6 Å². The van der Waals surface area contributed by atoms with Crippen LogP contribution >= 0.6 is 15.9 Å². The number of benzene rings is 2. The fourth-order valence-electron chi connectivity index (χ4n) is 5.04. The van der Waals surface area contributed by atoms with E-state index in [1.807, 2.05) is 26.0 Å². The summed E-state index contributed by atoms with van der Waals surface area (Å²) in [4.78, 5) is 4.98. The van der Waals surface area contributed by atoms with Gasteiger partial charge in [-0.2, -0.15) is 0 Å². The van der Waals surface area contributed by atoms with Crippen LogP contribution in [0, 0.1) is 11.3 Å². The minimum absolute atomic E-state index is 0.170. The molecule has 0 amide bonds. The molecule has 1 unspecified atom stereocenters. The van der Waals surface area contributed by atoms with Gasteiger partial charge >= 0.3 is 0 Å². The van der Waals surface area contributed by atoms with Crippen molar-refractivity contribution in [2.75, 3.05) is 5.32 Å². The van der Waals surface area contributed by atoms with Gasteiger partial charge in [0.25, 0.3) is 0 Å². The van der Waals surface area contributed by atoms with E-state index in [1.54, 1.807) is 0 Å². The smallest absolute Gasteiger partial charge is 0.208 e. The summed E-state index contributed by atoms with van der Waals surface area (Å²) in [5.74, 6) is 2.50. The highest BCUT2D eigenvalue weighted by Gasteiger charge is 2.34. The molecule has 1 aliphatic rings. The van der Waals surface area contributed by atoms with Gasteiger partial charge in [0, 0.05) is 16.2 Å². The summed E-state index contributed by atoms with van der Waals surface area (Å²) in [6.45, 7) is 11.3. The first-order valence-electron chi connectivity index (χ1n) is 10.9. The van der Waals surface area contributed by atoms with Crippen LogP contribution in [0.2, 0.25) is 0 Å². The number of aromatic nitrogens is 2. The topological polar surface area (TPSA) is 39.1 Å². The Morgan fingerprint density at radius 1 is 1.13 bits per heavy atom. The number of halogens is 1. The van der Waals surface area contributed by atoms with E-state index in [-0.39, 0.29) is 6.10 Å². The lowest BCUT2D eigenvalue weighted by atomic mass is 9.70. The molecule has 1 fully saturated rings. The zero-order chi connectivity index (χ0) is 21.5. The highest BCUT2D eigenvalue weighted by atomic mass is 79.9. The molecule has 0 bridgehead atoms. The summed E-state index contributed by atoms with van der Waals surface area (Å²) in [5, 5.41) is 3.58. The molecule has 0 spiro atoms. The van der Waals surface area contributed by atoms with Crippen LogP contribution in [0.5, 0.6) is 5.75 Å². The maximum atomic E-state index is 5.78. The molecule has 1 N–H and O–H groups in total. The van der Waals surface area contributed by atoms with Gasteiger partial charge in [-0.15, -0.1) is 0 Å². The van der Waals surface area contributed by atoms with Gasteiger partial charge in [-0.05, 0) is 86.9 Å². The fraction of sp³-hybridized carbons (Fsp3) is 0.480. The molecule has 4 rings (SSSR count). The molecule has 2 aromatic carbocycles. The Balaban J connectivity index is 1.71. The summed E-state index contributed by atoms with van der Waals surface area (Å²) in [5.41, 5.74) is 3.56. The van der Waals surface area contributed by atoms with E-state index in [9.17, 15) is 0 Å². The third-order valence-corrected chi connectivity index (χ3v) is 6.36. The second kappa shape index (κ2) is 8.26. The van der Waals surface area contributed by atoms with E-state index in [0.29, 0.717) is 17.4 Å². The molecule has 2 atom stereocenters. The van der Waals surface area contributed by atoms with Crippen molar-refractivity contribution in [3.05, 3.63) is 46.9 Å². The molecule has 160 valence electrons. The molecule has 3 aromatic rings. The Kier molecular flexibility index (Phi) is 5.84. The molecule has 1 aromatic heterocycles. The van der Waals surface area contributed by atoms with E-state index in [2.05, 4.69) is 76.9 Å². The van der Waals surface area contributed by atoms with E-state index in [1.165, 1.54) is 18.4 Å². The van der Waals surface area contributed by atoms with Crippen molar-refractivity contribution in [2.45, 2.75) is 66.0 Å². The molecule has 1 saturated carbocycles. The number of fused-ring (bicyclic) bond motifs is 1. The molecule has 0 radical (unpaired) electrons. The number of nitrogens with one attached hydrogen (secondary N) is 1. The second-order valence-electron chi connectivity index (χ2n) is 9.82. The molecular formula is C25H32BrN3O. The maximum absolute atomic E-state index is 5.78. The highest BCUT2D eigenvalue weighted by molar-refractivity contribution is 9.10. The van der Waals surface area contributed by atoms with Crippen molar-refractivity contribution < 1.29 is 4.74 Å². The first-order valence-corrected chi connectivity index (χ1v) is 11.7. The van der Waals surface area contributed by atoms with E-state index in [0.717, 1.165) is 33.8 Å². The SMILES string of the molecule is CC1C[C@@H](n2c(Nc3ccc(OC(C)C)cc3)nc3cc(Br)ccc32)CC(C)(C)C1. The predicted molar refractivity (Wildman–Crippen MR) is 129 cm³/mol. The Labute approximate surface area is 188 Å². The third kappa shape index (κ3) is 4.66. The normalized spacial score (nSPS) is 21.2. The number of rotatable bonds is 5. The van der Waals surface area contributed by atoms with Gasteiger partial charge in [-0.25, -0.2) is 4.98 Å². The van der Waals surface area contributed by atoms with Gasteiger partial charge in [0.2, 0.25) is 5.95 Å². The fourth-order valence-corrected chi connectivity index (χ4v) is 5.39. The van der Waals surface area contributed by atoms with Crippen molar-refractivity contribution >= 4 is 38.6 Å². The first kappa shape index (κ1) is 21.2. The third-order valence-electron chi connectivity index (χ3n) is 5.86. The second-order valence-corrected chi connectivity index (χ2v) is 10.7. The number of ether oxygens (including phenoxy) is 1. The first-order chi connectivity index (χ1) is 14.2. The van der Waals surface area contributed by atoms with Gasteiger partial charge in [0.15, 0.2) is 0 Å². The van der Waals surface area contributed by atoms with Gasteiger partial charge in [0.1, 0.15) is 5.75 Å². The van der Waals surface area contributed by atoms with Crippen LogP contribution < -0.4 is 10.1 Å². The molecule has 5 heteroatoms. The van der Waals surface area contributed by atoms with Crippen LogP contribution in [-0.4, -0.2) is 15.7 Å². The molecule has 30 heavy (non-hydrogen) atoms. The molecule has 4 nitrogen and oxygen atoms in total. The Hall–Kier alpha value is -2.01. The lowest BCUT2D eigenvalue weighted by Crippen LogP contribution is -2.29. The monoisotopic (exact) mass is 469 g/mol. The van der Waals surface area contributed by atoms with Crippen molar-refractivity contribution in [2.24, 2.45) is 11.3 Å². The average Bonchev–Trinajstić information content (AvgIpc) is 2.98. The summed E-state index contributed by atoms with van der Waals surface area (Å²) in [6, 6.07) is 15.0. The van der Waals surface area contributed by atoms with Gasteiger partial charge in [-0.1, -0.05) is 36.7 Å². The standard InChI is InChI=1S/C25H32BrN3O/c1-16(2)30-21-9-7-19(8-10-21)27-24-28-22-13-18(26)6-11-23(22)29(24)20-12-17(3)14-25(4,5)15-20/h6-11,13,16-17,20H,12,14-15H2,1-5H3,(H,27,28)/t17?,20-/m1/s1. The molecule has 1 aliphatic carbocycles. The van der Waals surface area contributed by atoms with E-state index >= 15 is 0 Å². The van der Waals surface area contributed by atoms with Crippen molar-refractivity contribution in [3.63, 3.8) is 0 Å². The number of nitrogens with zero attached hydrogens (tertiary/aromatic N) is 2. The van der Waals surface area contributed by atoms with Gasteiger partial charge in [0.05, 0.1) is 17.1 Å². The largest absolute Gasteiger partial charge is 0.491 e. The minimum atomic E-state index is 0.170. The van der Waals surface area contributed by atoms with Crippen LogP contribution in [-0.2, 0) is 0 Å². The average molecular weight is 470 g/mol. The lowest BCUT2D eigenvalue weighted by Gasteiger charge is -2.40. The quantitative estimate of drug-likeness (QED) is 0.415. The van der Waals surface area contributed by atoms with Crippen LogP contribution in [0.4, 0.5) is 11.6 Å². The summed E-state index contributed by atoms with van der Waals surface area (Å²) >= 11 is 3.60. The maximum Gasteiger partial charge on any atom is 0.208 e. The van der Waals surface area contributed by atoms with Crippen LogP contribution in [0.3, 0.4) is 0 Å². The number of anilines is 2. The Morgan fingerprint density at radius 3 is 2.53 bits per heavy atom. The minimum Gasteiger partial charge on any atom is -0.491 e. The van der Waals surface area contributed by atoms with Crippen LogP contribution in [0.15, 0.2) is 46.9 Å². The van der Waals surface area contributed by atoms with E-state index < -0.39 is 0 Å². The number of hydrogen-bond acceptors (Lipinski definition) is 3. The van der Waals surface area contributed by atoms with Crippen LogP contribution in [0.1, 0.15) is 59.9 Å². The van der Waals surface area contributed by atoms with Crippen LogP contribution in [0.25, 0.3) is 11.0 Å². The lowest BCUT2D eigenvalue weighted by molar-refractivity contribution is 0.140. The number of imidazole rings is 1. The molecular weight excluding hydrogens is 438 g/mol. The zero-order valence-corrected chi connectivity index (χ0v) is 20.2. The van der Waals surface area contributed by atoms with Crippen molar-refractivity contribution in [1.82, 2.24) is 9.55 Å². The number of hydrogen-bond donors (Lipinski definition) is 1.